The monoisotopic (exact) mass is 506 g/mol. The van der Waals surface area contributed by atoms with Crippen molar-refractivity contribution in [3.8, 4) is 5.75 Å². The molecule has 0 spiro atoms. The normalized spacial score (nSPS) is 15.3. The van der Waals surface area contributed by atoms with Crippen molar-refractivity contribution in [1.82, 2.24) is 0 Å². The second-order valence-electron chi connectivity index (χ2n) is 10.6. The summed E-state index contributed by atoms with van der Waals surface area (Å²) in [6, 6.07) is 13.4. The lowest BCUT2D eigenvalue weighted by atomic mass is 9.70. The largest absolute Gasteiger partial charge is 0.493 e. The Kier molecular flexibility index (Phi) is 10.4. The number of rotatable bonds is 13. The summed E-state index contributed by atoms with van der Waals surface area (Å²) in [4.78, 5) is 11.5. The summed E-state index contributed by atoms with van der Waals surface area (Å²) in [7, 11) is 0. The molecule has 0 bridgehead atoms. The summed E-state index contributed by atoms with van der Waals surface area (Å²) in [6.07, 6.45) is 12.1. The number of carbonyl (C=O) groups excluding carboxylic acids is 1. The van der Waals surface area contributed by atoms with Crippen LogP contribution in [0.15, 0.2) is 42.5 Å². The molecule has 4 heteroatoms. The molecular formula is C33H46O4. The molecule has 37 heavy (non-hydrogen) atoms. The number of unbranched alkanes of at least 4 members (excludes halogenated alkanes) is 1. The summed E-state index contributed by atoms with van der Waals surface area (Å²) in [6.45, 7) is 11.7. The molecule has 1 fully saturated rings. The van der Waals surface area contributed by atoms with Crippen LogP contribution in [0.1, 0.15) is 106 Å². The summed E-state index contributed by atoms with van der Waals surface area (Å²) in [5, 5.41) is 10.7. The first kappa shape index (κ1) is 29.0. The molecule has 0 aromatic heterocycles. The van der Waals surface area contributed by atoms with Crippen molar-refractivity contribution in [1.29, 1.82) is 0 Å². The third kappa shape index (κ3) is 7.25. The quantitative estimate of drug-likeness (QED) is 0.222. The third-order valence-corrected chi connectivity index (χ3v) is 8.14. The number of hydrogen-bond donors (Lipinski definition) is 1. The Labute approximate surface area is 224 Å². The highest BCUT2D eigenvalue weighted by Gasteiger charge is 2.32. The number of benzene rings is 2. The van der Waals surface area contributed by atoms with Gasteiger partial charge in [-0.05, 0) is 93.2 Å². The number of aliphatic hydroxyl groups is 1. The van der Waals surface area contributed by atoms with Crippen molar-refractivity contribution >= 4 is 12.0 Å². The van der Waals surface area contributed by atoms with Gasteiger partial charge in [0, 0.05) is 11.8 Å². The Hall–Kier alpha value is -2.59. The molecule has 2 aromatic carbocycles. The number of carbonyl (C=O) groups is 1. The lowest BCUT2D eigenvalue weighted by molar-refractivity contribution is -0.143. The number of aryl methyl sites for hydroxylation is 2. The lowest BCUT2D eigenvalue weighted by Crippen LogP contribution is -2.26. The molecule has 2 aromatic rings. The molecule has 1 N–H and O–H groups in total. The third-order valence-electron chi connectivity index (χ3n) is 8.14. The van der Waals surface area contributed by atoms with Crippen LogP contribution in [0.3, 0.4) is 0 Å². The fourth-order valence-electron chi connectivity index (χ4n) is 5.69. The Morgan fingerprint density at radius 1 is 0.973 bits per heavy atom. The van der Waals surface area contributed by atoms with Gasteiger partial charge in [-0.15, -0.1) is 0 Å². The SMILES string of the molecule is CCOC(=O)CCCCOc1ccc(C(CC)(CC)c2ccc(C=CC3(O)CCCC3)c(C)c2)cc1C. The van der Waals surface area contributed by atoms with Crippen molar-refractivity contribution in [2.75, 3.05) is 13.2 Å². The fraction of sp³-hybridized carbons (Fsp3) is 0.545. The van der Waals surface area contributed by atoms with Crippen LogP contribution >= 0.6 is 0 Å². The maximum Gasteiger partial charge on any atom is 0.305 e. The van der Waals surface area contributed by atoms with E-state index in [9.17, 15) is 9.90 Å². The molecule has 0 unspecified atom stereocenters. The molecule has 1 aliphatic carbocycles. The Morgan fingerprint density at radius 2 is 1.62 bits per heavy atom. The van der Waals surface area contributed by atoms with Crippen LogP contribution in [0.4, 0.5) is 0 Å². The lowest BCUT2D eigenvalue weighted by Gasteiger charge is -2.34. The van der Waals surface area contributed by atoms with Gasteiger partial charge in [0.15, 0.2) is 0 Å². The van der Waals surface area contributed by atoms with E-state index in [2.05, 4.69) is 70.2 Å². The summed E-state index contributed by atoms with van der Waals surface area (Å²) in [5.41, 5.74) is 5.49. The van der Waals surface area contributed by atoms with Crippen molar-refractivity contribution in [2.24, 2.45) is 0 Å². The van der Waals surface area contributed by atoms with E-state index in [1.807, 2.05) is 13.0 Å². The molecular weight excluding hydrogens is 460 g/mol. The van der Waals surface area contributed by atoms with Crippen LogP contribution in [0, 0.1) is 13.8 Å². The number of hydrogen-bond acceptors (Lipinski definition) is 4. The number of ether oxygens (including phenoxy) is 2. The zero-order chi connectivity index (χ0) is 26.9. The molecule has 1 aliphatic rings. The van der Waals surface area contributed by atoms with Gasteiger partial charge in [-0.3, -0.25) is 4.79 Å². The highest BCUT2D eigenvalue weighted by atomic mass is 16.5. The number of esters is 1. The van der Waals surface area contributed by atoms with E-state index in [4.69, 9.17) is 9.47 Å². The van der Waals surface area contributed by atoms with Crippen LogP contribution in [-0.2, 0) is 14.9 Å². The second-order valence-corrected chi connectivity index (χ2v) is 10.6. The van der Waals surface area contributed by atoms with Gasteiger partial charge in [0.2, 0.25) is 0 Å². The van der Waals surface area contributed by atoms with E-state index in [-0.39, 0.29) is 11.4 Å². The standard InChI is InChI=1S/C33H46O4/c1-6-33(7-2,28-15-14-27(25(4)23-28)18-21-32(35)19-10-11-20-32)29-16-17-30(26(5)24-29)37-22-12-9-13-31(34)36-8-3/h14-18,21,23-24,35H,6-13,19-20,22H2,1-5H3. The smallest absolute Gasteiger partial charge is 0.305 e. The Morgan fingerprint density at radius 3 is 2.22 bits per heavy atom. The summed E-state index contributed by atoms with van der Waals surface area (Å²) in [5.74, 6) is 0.770. The average Bonchev–Trinajstić information content (AvgIpc) is 3.32. The molecule has 0 amide bonds. The molecule has 1 saturated carbocycles. The minimum Gasteiger partial charge on any atom is -0.493 e. The highest BCUT2D eigenvalue weighted by Crippen LogP contribution is 2.41. The highest BCUT2D eigenvalue weighted by molar-refractivity contribution is 5.69. The van der Waals surface area contributed by atoms with E-state index in [1.165, 1.54) is 22.3 Å². The van der Waals surface area contributed by atoms with E-state index in [0.717, 1.165) is 62.7 Å². The molecule has 202 valence electrons. The van der Waals surface area contributed by atoms with Gasteiger partial charge in [0.25, 0.3) is 0 Å². The molecule has 3 rings (SSSR count). The summed E-state index contributed by atoms with van der Waals surface area (Å²) >= 11 is 0. The van der Waals surface area contributed by atoms with Crippen LogP contribution in [0.5, 0.6) is 5.75 Å². The first-order valence-corrected chi connectivity index (χ1v) is 14.2. The van der Waals surface area contributed by atoms with Crippen LogP contribution in [0.2, 0.25) is 0 Å². The van der Waals surface area contributed by atoms with Gasteiger partial charge in [-0.1, -0.05) is 69.2 Å². The first-order valence-electron chi connectivity index (χ1n) is 14.2. The molecule has 4 nitrogen and oxygen atoms in total. The average molecular weight is 507 g/mol. The second kappa shape index (κ2) is 13.3. The van der Waals surface area contributed by atoms with Crippen molar-refractivity contribution in [3.63, 3.8) is 0 Å². The van der Waals surface area contributed by atoms with Crippen LogP contribution in [-0.4, -0.2) is 29.9 Å². The predicted molar refractivity (Wildman–Crippen MR) is 152 cm³/mol. The molecule has 0 atom stereocenters. The molecule has 0 saturated heterocycles. The van der Waals surface area contributed by atoms with Gasteiger partial charge in [-0.2, -0.15) is 0 Å². The summed E-state index contributed by atoms with van der Waals surface area (Å²) < 4.78 is 11.0. The zero-order valence-corrected chi connectivity index (χ0v) is 23.6. The van der Waals surface area contributed by atoms with E-state index < -0.39 is 5.60 Å². The Balaban J connectivity index is 1.73. The van der Waals surface area contributed by atoms with Gasteiger partial charge in [0.1, 0.15) is 5.75 Å². The Bertz CT molecular complexity index is 1060. The maximum atomic E-state index is 11.5. The van der Waals surface area contributed by atoms with Crippen LogP contribution in [0.25, 0.3) is 6.08 Å². The van der Waals surface area contributed by atoms with Crippen molar-refractivity contribution < 1.29 is 19.4 Å². The zero-order valence-electron chi connectivity index (χ0n) is 23.6. The van der Waals surface area contributed by atoms with Crippen molar-refractivity contribution in [3.05, 3.63) is 70.3 Å². The minimum atomic E-state index is -0.635. The predicted octanol–water partition coefficient (Wildman–Crippen LogP) is 7.84. The van der Waals surface area contributed by atoms with E-state index >= 15 is 0 Å². The molecule has 0 radical (unpaired) electrons. The van der Waals surface area contributed by atoms with E-state index in [1.54, 1.807) is 0 Å². The van der Waals surface area contributed by atoms with E-state index in [0.29, 0.717) is 19.6 Å². The van der Waals surface area contributed by atoms with Gasteiger partial charge < -0.3 is 14.6 Å². The van der Waals surface area contributed by atoms with Gasteiger partial charge in [0.05, 0.1) is 18.8 Å². The topological polar surface area (TPSA) is 55.8 Å². The minimum absolute atomic E-state index is 0.0699. The van der Waals surface area contributed by atoms with Gasteiger partial charge in [-0.25, -0.2) is 0 Å². The van der Waals surface area contributed by atoms with Crippen LogP contribution < -0.4 is 4.74 Å². The maximum absolute atomic E-state index is 11.5. The fourth-order valence-corrected chi connectivity index (χ4v) is 5.69. The first-order chi connectivity index (χ1) is 17.8. The molecule has 0 heterocycles. The van der Waals surface area contributed by atoms with Gasteiger partial charge >= 0.3 is 5.97 Å². The van der Waals surface area contributed by atoms with Crippen molar-refractivity contribution in [2.45, 2.75) is 103 Å². The molecule has 0 aliphatic heterocycles.